The molecule has 1 saturated carbocycles. The highest BCUT2D eigenvalue weighted by atomic mass is 32.1. The van der Waals surface area contributed by atoms with E-state index in [0.29, 0.717) is 12.0 Å². The molecule has 0 saturated heterocycles. The van der Waals surface area contributed by atoms with Gasteiger partial charge in [0, 0.05) is 36.2 Å². The molecule has 20 heavy (non-hydrogen) atoms. The van der Waals surface area contributed by atoms with Crippen LogP contribution in [0.4, 0.5) is 5.13 Å². The molecule has 1 aromatic rings. The van der Waals surface area contributed by atoms with E-state index >= 15 is 0 Å². The number of thiazole rings is 1. The van der Waals surface area contributed by atoms with E-state index in [1.54, 1.807) is 0 Å². The van der Waals surface area contributed by atoms with E-state index in [-0.39, 0.29) is 0 Å². The van der Waals surface area contributed by atoms with Crippen LogP contribution in [0.15, 0.2) is 6.20 Å². The minimum atomic E-state index is 0.530. The molecule has 1 aliphatic rings. The minimum absolute atomic E-state index is 0.530. The lowest BCUT2D eigenvalue weighted by molar-refractivity contribution is 0.535. The molecule has 114 valence electrons. The summed E-state index contributed by atoms with van der Waals surface area (Å²) in [6.07, 6.45) is 7.49. The fraction of sp³-hybridized carbons (Fsp3) is 0.812. The number of nitrogens with zero attached hydrogens (tertiary/aromatic N) is 2. The van der Waals surface area contributed by atoms with E-state index < -0.39 is 0 Å². The smallest absolute Gasteiger partial charge is 0.185 e. The lowest BCUT2D eigenvalue weighted by Gasteiger charge is -2.30. The standard InChI is InChI=1S/C16H29N3S/c1-12(2)11-19(14-7-5-6-8-14)16-18-10-15(20-16)9-17-13(3)4/h10,12-14,17H,5-9,11H2,1-4H3. The minimum Gasteiger partial charge on any atom is -0.345 e. The number of hydrogen-bond donors (Lipinski definition) is 1. The van der Waals surface area contributed by atoms with Crippen molar-refractivity contribution in [1.82, 2.24) is 10.3 Å². The number of aromatic nitrogens is 1. The van der Waals surface area contributed by atoms with Crippen molar-refractivity contribution in [3.63, 3.8) is 0 Å². The van der Waals surface area contributed by atoms with Crippen molar-refractivity contribution in [3.8, 4) is 0 Å². The molecule has 0 radical (unpaired) electrons. The van der Waals surface area contributed by atoms with Gasteiger partial charge in [0.15, 0.2) is 5.13 Å². The van der Waals surface area contributed by atoms with Gasteiger partial charge in [0.25, 0.3) is 0 Å². The van der Waals surface area contributed by atoms with Gasteiger partial charge in [0.1, 0.15) is 0 Å². The van der Waals surface area contributed by atoms with Crippen LogP contribution < -0.4 is 10.2 Å². The van der Waals surface area contributed by atoms with Gasteiger partial charge in [0.2, 0.25) is 0 Å². The third kappa shape index (κ3) is 4.45. The van der Waals surface area contributed by atoms with Gasteiger partial charge in [-0.1, -0.05) is 40.5 Å². The molecular weight excluding hydrogens is 266 g/mol. The van der Waals surface area contributed by atoms with E-state index in [1.165, 1.54) is 35.7 Å². The normalized spacial score (nSPS) is 16.5. The van der Waals surface area contributed by atoms with E-state index in [1.807, 2.05) is 11.3 Å². The first-order valence-electron chi connectivity index (χ1n) is 8.01. The number of hydrogen-bond acceptors (Lipinski definition) is 4. The van der Waals surface area contributed by atoms with E-state index in [4.69, 9.17) is 4.98 Å². The Kier molecular flexibility index (Phi) is 5.85. The van der Waals surface area contributed by atoms with Crippen LogP contribution in [0.2, 0.25) is 0 Å². The molecule has 0 amide bonds. The van der Waals surface area contributed by atoms with Gasteiger partial charge in [-0.05, 0) is 18.8 Å². The molecule has 2 rings (SSSR count). The summed E-state index contributed by atoms with van der Waals surface area (Å²) in [6.45, 7) is 11.1. The zero-order valence-electron chi connectivity index (χ0n) is 13.4. The Morgan fingerprint density at radius 3 is 2.60 bits per heavy atom. The second-order valence-electron chi connectivity index (χ2n) is 6.63. The predicted octanol–water partition coefficient (Wildman–Crippen LogP) is 4.05. The van der Waals surface area contributed by atoms with Crippen molar-refractivity contribution in [3.05, 3.63) is 11.1 Å². The van der Waals surface area contributed by atoms with Crippen LogP contribution in [0, 0.1) is 5.92 Å². The predicted molar refractivity (Wildman–Crippen MR) is 88.5 cm³/mol. The van der Waals surface area contributed by atoms with Crippen molar-refractivity contribution in [2.24, 2.45) is 5.92 Å². The molecule has 1 aliphatic carbocycles. The number of rotatable bonds is 7. The quantitative estimate of drug-likeness (QED) is 0.822. The van der Waals surface area contributed by atoms with Crippen LogP contribution in [0.3, 0.4) is 0 Å². The molecule has 1 aromatic heterocycles. The molecule has 1 heterocycles. The summed E-state index contributed by atoms with van der Waals surface area (Å²) < 4.78 is 0. The van der Waals surface area contributed by atoms with Crippen LogP contribution in [0.5, 0.6) is 0 Å². The van der Waals surface area contributed by atoms with Crippen molar-refractivity contribution in [2.45, 2.75) is 72.0 Å². The molecule has 0 unspecified atom stereocenters. The third-order valence-corrected chi connectivity index (χ3v) is 4.83. The first-order valence-corrected chi connectivity index (χ1v) is 8.82. The Morgan fingerprint density at radius 1 is 1.30 bits per heavy atom. The van der Waals surface area contributed by atoms with Gasteiger partial charge in [0.05, 0.1) is 0 Å². The Bertz CT molecular complexity index is 394. The first kappa shape index (κ1) is 15.8. The lowest BCUT2D eigenvalue weighted by atomic mass is 10.1. The van der Waals surface area contributed by atoms with Gasteiger partial charge in [-0.15, -0.1) is 11.3 Å². The molecule has 3 nitrogen and oxygen atoms in total. The van der Waals surface area contributed by atoms with Gasteiger partial charge >= 0.3 is 0 Å². The summed E-state index contributed by atoms with van der Waals surface area (Å²) in [5.74, 6) is 0.691. The van der Waals surface area contributed by atoms with Gasteiger partial charge in [-0.3, -0.25) is 0 Å². The van der Waals surface area contributed by atoms with E-state index in [9.17, 15) is 0 Å². The maximum atomic E-state index is 4.70. The van der Waals surface area contributed by atoms with Gasteiger partial charge < -0.3 is 10.2 Å². The molecular formula is C16H29N3S. The van der Waals surface area contributed by atoms with Crippen molar-refractivity contribution < 1.29 is 0 Å². The van der Waals surface area contributed by atoms with E-state index in [0.717, 1.165) is 19.1 Å². The van der Waals surface area contributed by atoms with Gasteiger partial charge in [-0.25, -0.2) is 4.98 Å². The average molecular weight is 295 g/mol. The summed E-state index contributed by atoms with van der Waals surface area (Å²) in [4.78, 5) is 8.61. The van der Waals surface area contributed by atoms with Crippen LogP contribution in [-0.4, -0.2) is 23.6 Å². The second-order valence-corrected chi connectivity index (χ2v) is 7.72. The topological polar surface area (TPSA) is 28.2 Å². The van der Waals surface area contributed by atoms with E-state index in [2.05, 4.69) is 44.1 Å². The number of nitrogens with one attached hydrogen (secondary N) is 1. The van der Waals surface area contributed by atoms with Gasteiger partial charge in [-0.2, -0.15) is 0 Å². The summed E-state index contributed by atoms with van der Waals surface area (Å²) in [6, 6.07) is 1.25. The highest BCUT2D eigenvalue weighted by molar-refractivity contribution is 7.15. The summed E-state index contributed by atoms with van der Waals surface area (Å²) in [5, 5.41) is 4.70. The Labute approximate surface area is 127 Å². The van der Waals surface area contributed by atoms with Crippen LogP contribution >= 0.6 is 11.3 Å². The first-order chi connectivity index (χ1) is 9.56. The van der Waals surface area contributed by atoms with Crippen LogP contribution in [0.1, 0.15) is 58.3 Å². The lowest BCUT2D eigenvalue weighted by Crippen LogP contribution is -2.36. The van der Waals surface area contributed by atoms with Crippen LogP contribution in [0.25, 0.3) is 0 Å². The third-order valence-electron chi connectivity index (χ3n) is 3.80. The summed E-state index contributed by atoms with van der Waals surface area (Å²) >= 11 is 1.86. The maximum Gasteiger partial charge on any atom is 0.185 e. The monoisotopic (exact) mass is 295 g/mol. The molecule has 0 spiro atoms. The van der Waals surface area contributed by atoms with Crippen molar-refractivity contribution in [2.75, 3.05) is 11.4 Å². The number of anilines is 1. The highest BCUT2D eigenvalue weighted by Gasteiger charge is 2.25. The molecule has 1 N–H and O–H groups in total. The fourth-order valence-electron chi connectivity index (χ4n) is 2.81. The molecule has 0 bridgehead atoms. The molecule has 0 aromatic carbocycles. The molecule has 1 fully saturated rings. The Balaban J connectivity index is 2.04. The SMILES string of the molecule is CC(C)CN(c1ncc(CNC(C)C)s1)C1CCCC1. The summed E-state index contributed by atoms with van der Waals surface area (Å²) in [7, 11) is 0. The van der Waals surface area contributed by atoms with Crippen LogP contribution in [-0.2, 0) is 6.54 Å². The van der Waals surface area contributed by atoms with Crippen molar-refractivity contribution >= 4 is 16.5 Å². The Hall–Kier alpha value is -0.610. The summed E-state index contributed by atoms with van der Waals surface area (Å²) in [5.41, 5.74) is 0. The zero-order valence-corrected chi connectivity index (χ0v) is 14.2. The largest absolute Gasteiger partial charge is 0.345 e. The molecule has 0 aliphatic heterocycles. The Morgan fingerprint density at radius 2 is 2.00 bits per heavy atom. The zero-order chi connectivity index (χ0) is 14.5. The molecule has 0 atom stereocenters. The maximum absolute atomic E-state index is 4.70. The highest BCUT2D eigenvalue weighted by Crippen LogP contribution is 2.31. The average Bonchev–Trinajstić information content (AvgIpc) is 3.05. The second kappa shape index (κ2) is 7.41. The fourth-order valence-corrected chi connectivity index (χ4v) is 3.75. The molecule has 4 heteroatoms. The van der Waals surface area contributed by atoms with Crippen molar-refractivity contribution in [1.29, 1.82) is 0 Å².